The van der Waals surface area contributed by atoms with Crippen LogP contribution < -0.4 is 0 Å². The van der Waals surface area contributed by atoms with Crippen molar-refractivity contribution in [3.63, 3.8) is 0 Å². The predicted octanol–water partition coefficient (Wildman–Crippen LogP) is 5.84. The molecule has 0 aliphatic heterocycles. The van der Waals surface area contributed by atoms with Gasteiger partial charge in [0.2, 0.25) is 0 Å². The Morgan fingerprint density at radius 3 is 1.84 bits per heavy atom. The first-order chi connectivity index (χ1) is 9.31. The molecule has 0 saturated heterocycles. The zero-order valence-electron chi connectivity index (χ0n) is 12.7. The van der Waals surface area contributed by atoms with Crippen LogP contribution in [0.25, 0.3) is 0 Å². The van der Waals surface area contributed by atoms with Crippen LogP contribution in [0.15, 0.2) is 47.6 Å². The molecular weight excluding hydrogens is 228 g/mol. The Morgan fingerprint density at radius 2 is 1.42 bits per heavy atom. The van der Waals surface area contributed by atoms with Gasteiger partial charge in [-0.25, -0.2) is 0 Å². The van der Waals surface area contributed by atoms with Crippen LogP contribution in [-0.2, 0) is 0 Å². The van der Waals surface area contributed by atoms with Gasteiger partial charge in [0.25, 0.3) is 0 Å². The predicted molar refractivity (Wildman–Crippen MR) is 85.0 cm³/mol. The Labute approximate surface area is 119 Å². The summed E-state index contributed by atoms with van der Waals surface area (Å²) in [4.78, 5) is 0. The molecule has 0 nitrogen and oxygen atoms in total. The number of rotatable bonds is 7. The molecule has 2 atom stereocenters. The lowest BCUT2D eigenvalue weighted by Gasteiger charge is -2.31. The summed E-state index contributed by atoms with van der Waals surface area (Å²) in [6, 6.07) is 0. The van der Waals surface area contributed by atoms with Crippen molar-refractivity contribution in [2.24, 2.45) is 17.8 Å². The minimum atomic E-state index is 0.680. The maximum Gasteiger partial charge on any atom is 0.00199 e. The fourth-order valence-corrected chi connectivity index (χ4v) is 3.63. The van der Waals surface area contributed by atoms with Crippen molar-refractivity contribution in [2.75, 3.05) is 0 Å². The minimum Gasteiger partial charge on any atom is -0.0770 e. The molecule has 0 heterocycles. The molecule has 0 saturated carbocycles. The Bertz CT molecular complexity index is 370. The monoisotopic (exact) mass is 256 g/mol. The summed E-state index contributed by atoms with van der Waals surface area (Å²) in [7, 11) is 0. The molecule has 0 bridgehead atoms. The summed E-state index contributed by atoms with van der Waals surface area (Å²) in [5.41, 5.74) is 3.27. The van der Waals surface area contributed by atoms with Crippen LogP contribution in [0.5, 0.6) is 0 Å². The van der Waals surface area contributed by atoms with Crippen LogP contribution in [-0.4, -0.2) is 0 Å². The summed E-state index contributed by atoms with van der Waals surface area (Å²) in [6.45, 7) is 6.90. The van der Waals surface area contributed by atoms with E-state index in [1.54, 1.807) is 11.1 Å². The summed E-state index contributed by atoms with van der Waals surface area (Å²) < 4.78 is 0. The van der Waals surface area contributed by atoms with Crippen LogP contribution in [0, 0.1) is 17.8 Å². The van der Waals surface area contributed by atoms with Crippen molar-refractivity contribution < 1.29 is 0 Å². The molecule has 0 aromatic heterocycles. The van der Waals surface area contributed by atoms with Gasteiger partial charge in [-0.3, -0.25) is 0 Å². The van der Waals surface area contributed by atoms with E-state index >= 15 is 0 Å². The van der Waals surface area contributed by atoms with Gasteiger partial charge >= 0.3 is 0 Å². The van der Waals surface area contributed by atoms with E-state index in [1.165, 1.54) is 32.1 Å². The maximum absolute atomic E-state index is 2.44. The van der Waals surface area contributed by atoms with Gasteiger partial charge in [-0.15, -0.1) is 0 Å². The van der Waals surface area contributed by atoms with Crippen molar-refractivity contribution in [2.45, 2.75) is 52.9 Å². The largest absolute Gasteiger partial charge is 0.0770 e. The molecule has 0 radical (unpaired) electrons. The summed E-state index contributed by atoms with van der Waals surface area (Å²) in [5.74, 6) is 2.13. The van der Waals surface area contributed by atoms with E-state index in [2.05, 4.69) is 57.2 Å². The zero-order valence-corrected chi connectivity index (χ0v) is 12.7. The van der Waals surface area contributed by atoms with Gasteiger partial charge in [0.05, 0.1) is 0 Å². The fraction of sp³-hybridized carbons (Fsp3) is 0.579. The third kappa shape index (κ3) is 3.11. The lowest BCUT2D eigenvalue weighted by atomic mass is 9.73. The Kier molecular flexibility index (Phi) is 5.24. The van der Waals surface area contributed by atoms with Crippen molar-refractivity contribution in [1.82, 2.24) is 0 Å². The highest BCUT2D eigenvalue weighted by atomic mass is 14.4. The molecule has 2 aliphatic rings. The SMILES string of the molecule is CCCCC(C1C=CC=C1CC)C1C=CC=C1CC. The first-order valence-electron chi connectivity index (χ1n) is 8.06. The summed E-state index contributed by atoms with van der Waals surface area (Å²) in [6.07, 6.45) is 20.5. The quantitative estimate of drug-likeness (QED) is 0.537. The average molecular weight is 256 g/mol. The molecule has 19 heavy (non-hydrogen) atoms. The number of unbranched alkanes of at least 4 members (excludes halogenated alkanes) is 1. The van der Waals surface area contributed by atoms with E-state index in [1.807, 2.05) is 0 Å². The molecule has 2 rings (SSSR count). The molecule has 2 aliphatic carbocycles. The average Bonchev–Trinajstić information content (AvgIpc) is 3.07. The van der Waals surface area contributed by atoms with Crippen molar-refractivity contribution >= 4 is 0 Å². The smallest absolute Gasteiger partial charge is 0.00199 e. The second kappa shape index (κ2) is 6.93. The van der Waals surface area contributed by atoms with E-state index in [-0.39, 0.29) is 0 Å². The van der Waals surface area contributed by atoms with Crippen LogP contribution in [0.1, 0.15) is 52.9 Å². The lowest BCUT2D eigenvalue weighted by molar-refractivity contribution is 0.331. The molecule has 0 fully saturated rings. The first kappa shape index (κ1) is 14.4. The molecule has 0 aromatic rings. The van der Waals surface area contributed by atoms with Crippen LogP contribution in [0.2, 0.25) is 0 Å². The van der Waals surface area contributed by atoms with Crippen molar-refractivity contribution in [3.8, 4) is 0 Å². The van der Waals surface area contributed by atoms with Crippen LogP contribution in [0.4, 0.5) is 0 Å². The molecule has 0 spiro atoms. The van der Waals surface area contributed by atoms with Crippen LogP contribution in [0.3, 0.4) is 0 Å². The van der Waals surface area contributed by atoms with Crippen molar-refractivity contribution in [1.29, 1.82) is 0 Å². The van der Waals surface area contributed by atoms with Gasteiger partial charge in [-0.05, 0) is 25.2 Å². The van der Waals surface area contributed by atoms with E-state index in [9.17, 15) is 0 Å². The van der Waals surface area contributed by atoms with Gasteiger partial charge in [-0.2, -0.15) is 0 Å². The molecule has 0 N–H and O–H groups in total. The highest BCUT2D eigenvalue weighted by molar-refractivity contribution is 5.33. The topological polar surface area (TPSA) is 0 Å². The summed E-state index contributed by atoms with van der Waals surface area (Å²) in [5, 5.41) is 0. The standard InChI is InChI=1S/C19H28/c1-4-7-12-19(17-13-8-10-15(17)5-2)18-14-9-11-16(18)6-3/h8-11,13-14,17-19H,4-7,12H2,1-3H3. The highest BCUT2D eigenvalue weighted by Gasteiger charge is 2.31. The third-order valence-corrected chi connectivity index (χ3v) is 4.74. The Balaban J connectivity index is 2.17. The van der Waals surface area contributed by atoms with E-state index < -0.39 is 0 Å². The Hall–Kier alpha value is -1.04. The highest BCUT2D eigenvalue weighted by Crippen LogP contribution is 2.42. The molecule has 0 heteroatoms. The molecule has 0 amide bonds. The molecule has 0 aromatic carbocycles. The lowest BCUT2D eigenvalue weighted by Crippen LogP contribution is -2.22. The number of hydrogen-bond acceptors (Lipinski definition) is 0. The normalized spacial score (nSPS) is 26.7. The van der Waals surface area contributed by atoms with Gasteiger partial charge in [0.1, 0.15) is 0 Å². The second-order valence-corrected chi connectivity index (χ2v) is 5.82. The number of allylic oxidation sites excluding steroid dienone is 8. The van der Waals surface area contributed by atoms with E-state index in [0.717, 1.165) is 5.92 Å². The van der Waals surface area contributed by atoms with E-state index in [0.29, 0.717) is 11.8 Å². The zero-order chi connectivity index (χ0) is 13.7. The third-order valence-electron chi connectivity index (χ3n) is 4.74. The molecule has 2 unspecified atom stereocenters. The first-order valence-corrected chi connectivity index (χ1v) is 8.06. The molecular formula is C19H28. The summed E-state index contributed by atoms with van der Waals surface area (Å²) >= 11 is 0. The van der Waals surface area contributed by atoms with Gasteiger partial charge in [0.15, 0.2) is 0 Å². The minimum absolute atomic E-state index is 0.680. The van der Waals surface area contributed by atoms with Gasteiger partial charge in [0, 0.05) is 11.8 Å². The Morgan fingerprint density at radius 1 is 0.895 bits per heavy atom. The fourth-order valence-electron chi connectivity index (χ4n) is 3.63. The van der Waals surface area contributed by atoms with Crippen molar-refractivity contribution in [3.05, 3.63) is 47.6 Å². The number of hydrogen-bond donors (Lipinski definition) is 0. The van der Waals surface area contributed by atoms with Crippen LogP contribution >= 0.6 is 0 Å². The maximum atomic E-state index is 2.44. The second-order valence-electron chi connectivity index (χ2n) is 5.82. The van der Waals surface area contributed by atoms with E-state index in [4.69, 9.17) is 0 Å². The van der Waals surface area contributed by atoms with Gasteiger partial charge < -0.3 is 0 Å². The van der Waals surface area contributed by atoms with Gasteiger partial charge in [-0.1, -0.05) is 81.2 Å². The molecule has 104 valence electrons.